The Labute approximate surface area is 164 Å². The topological polar surface area (TPSA) is 73.6 Å². The Bertz CT molecular complexity index is 685. The van der Waals surface area contributed by atoms with Gasteiger partial charge in [0.2, 0.25) is 5.92 Å². The first-order chi connectivity index (χ1) is 13.3. The van der Waals surface area contributed by atoms with Crippen LogP contribution in [0, 0.1) is 17.2 Å². The normalized spacial score (nSPS) is 26.5. The van der Waals surface area contributed by atoms with E-state index >= 15 is 0 Å². The van der Waals surface area contributed by atoms with Gasteiger partial charge in [0.15, 0.2) is 5.60 Å². The lowest BCUT2D eigenvalue weighted by Crippen LogP contribution is -2.44. The van der Waals surface area contributed by atoms with Crippen LogP contribution in [-0.4, -0.2) is 47.9 Å². The number of halogens is 2. The minimum absolute atomic E-state index is 0.0738. The first-order valence-electron chi connectivity index (χ1n) is 9.93. The summed E-state index contributed by atoms with van der Waals surface area (Å²) in [7, 11) is 0. The summed E-state index contributed by atoms with van der Waals surface area (Å²) in [4.78, 5) is 14.8. The number of nitrogens with zero attached hydrogens (tertiary/aromatic N) is 1. The smallest absolute Gasteiger partial charge is 0.343 e. The van der Waals surface area contributed by atoms with Crippen LogP contribution in [-0.2, 0) is 15.1 Å². The molecule has 0 bridgehead atoms. The summed E-state index contributed by atoms with van der Waals surface area (Å²) in [6, 6.07) is 8.27. The Hall–Kier alpha value is -2.02. The first kappa shape index (κ1) is 20.7. The molecule has 2 fully saturated rings. The van der Waals surface area contributed by atoms with Gasteiger partial charge in [-0.05, 0) is 37.2 Å². The third-order valence-corrected chi connectivity index (χ3v) is 6.01. The molecule has 5 nitrogen and oxygen atoms in total. The lowest BCUT2D eigenvalue weighted by molar-refractivity contribution is -0.175. The number of carbonyl (C=O) groups is 1. The molecule has 1 aromatic carbocycles. The van der Waals surface area contributed by atoms with Crippen LogP contribution in [0.25, 0.3) is 0 Å². The highest BCUT2D eigenvalue weighted by Gasteiger charge is 2.54. The number of benzene rings is 1. The van der Waals surface area contributed by atoms with Crippen molar-refractivity contribution in [3.05, 3.63) is 35.9 Å². The molecule has 0 aromatic heterocycles. The van der Waals surface area contributed by atoms with Gasteiger partial charge in [-0.3, -0.25) is 5.41 Å². The van der Waals surface area contributed by atoms with Crippen molar-refractivity contribution in [3.63, 3.8) is 0 Å². The van der Waals surface area contributed by atoms with Crippen molar-refractivity contribution < 1.29 is 23.4 Å². The zero-order valence-electron chi connectivity index (χ0n) is 15.9. The van der Waals surface area contributed by atoms with Crippen LogP contribution in [0.15, 0.2) is 30.3 Å². The summed E-state index contributed by atoms with van der Waals surface area (Å²) in [5.41, 5.74) is -1.76. The van der Waals surface area contributed by atoms with Gasteiger partial charge in [-0.2, -0.15) is 0 Å². The molecule has 3 atom stereocenters. The van der Waals surface area contributed by atoms with E-state index in [1.807, 2.05) is 4.90 Å². The van der Waals surface area contributed by atoms with Crippen molar-refractivity contribution in [1.29, 1.82) is 5.41 Å². The summed E-state index contributed by atoms with van der Waals surface area (Å²) in [5.74, 6) is -4.28. The molecule has 1 heterocycles. The highest BCUT2D eigenvalue weighted by Crippen LogP contribution is 2.47. The highest BCUT2D eigenvalue weighted by atomic mass is 19.3. The molecule has 1 aromatic rings. The van der Waals surface area contributed by atoms with Gasteiger partial charge in [0.1, 0.15) is 0 Å². The molecule has 154 valence electrons. The van der Waals surface area contributed by atoms with E-state index in [4.69, 9.17) is 10.1 Å². The Balaban J connectivity index is 1.67. The predicted octanol–water partition coefficient (Wildman–Crippen LogP) is 3.56. The molecule has 0 spiro atoms. The number of hydrogen-bond donors (Lipinski definition) is 2. The van der Waals surface area contributed by atoms with Crippen LogP contribution in [0.1, 0.15) is 44.1 Å². The highest BCUT2D eigenvalue weighted by molar-refractivity contribution is 5.81. The Morgan fingerprint density at radius 2 is 2.11 bits per heavy atom. The molecule has 2 aliphatic rings. The van der Waals surface area contributed by atoms with Crippen LogP contribution in [0.2, 0.25) is 0 Å². The van der Waals surface area contributed by atoms with Gasteiger partial charge >= 0.3 is 5.97 Å². The molecule has 7 heteroatoms. The molecule has 3 rings (SSSR count). The monoisotopic (exact) mass is 394 g/mol. The van der Waals surface area contributed by atoms with Crippen LogP contribution in [0.3, 0.4) is 0 Å². The number of nitrogens with one attached hydrogen (secondary N) is 1. The van der Waals surface area contributed by atoms with E-state index in [1.54, 1.807) is 30.3 Å². The van der Waals surface area contributed by atoms with Gasteiger partial charge in [-0.15, -0.1) is 0 Å². The number of alkyl halides is 2. The fourth-order valence-corrected chi connectivity index (χ4v) is 4.40. The quantitative estimate of drug-likeness (QED) is 0.421. The van der Waals surface area contributed by atoms with Gasteiger partial charge in [0, 0.05) is 31.8 Å². The van der Waals surface area contributed by atoms with Gasteiger partial charge in [0.05, 0.1) is 12.9 Å². The molecule has 1 aliphatic heterocycles. The Morgan fingerprint density at radius 3 is 2.75 bits per heavy atom. The average molecular weight is 394 g/mol. The van der Waals surface area contributed by atoms with Crippen molar-refractivity contribution in [2.45, 2.75) is 50.0 Å². The SMILES string of the molecule is N=CN1CCC[C@H](CCOC(=O)[C@](O)(c2ccccc2)[C@@H]2CCC(F)(F)C2)C1. The second kappa shape index (κ2) is 8.55. The second-order valence-corrected chi connectivity index (χ2v) is 7.98. The van der Waals surface area contributed by atoms with Crippen LogP contribution in [0.5, 0.6) is 0 Å². The number of aliphatic hydroxyl groups is 1. The lowest BCUT2D eigenvalue weighted by Gasteiger charge is -2.33. The average Bonchev–Trinajstić information content (AvgIpc) is 3.08. The molecular weight excluding hydrogens is 366 g/mol. The zero-order chi connectivity index (χ0) is 20.2. The number of rotatable bonds is 7. The molecule has 1 aliphatic carbocycles. The molecule has 1 saturated heterocycles. The molecule has 0 unspecified atom stereocenters. The Kier molecular flexibility index (Phi) is 6.33. The van der Waals surface area contributed by atoms with E-state index in [9.17, 15) is 18.7 Å². The molecule has 2 N–H and O–H groups in total. The molecular formula is C21H28F2N2O3. The molecule has 0 amide bonds. The van der Waals surface area contributed by atoms with Gasteiger partial charge in [-0.1, -0.05) is 30.3 Å². The van der Waals surface area contributed by atoms with Crippen molar-refractivity contribution in [1.82, 2.24) is 4.90 Å². The minimum Gasteiger partial charge on any atom is -0.463 e. The third-order valence-electron chi connectivity index (χ3n) is 6.01. The van der Waals surface area contributed by atoms with Crippen molar-refractivity contribution in [2.24, 2.45) is 11.8 Å². The van der Waals surface area contributed by atoms with Crippen molar-refractivity contribution in [3.8, 4) is 0 Å². The van der Waals surface area contributed by atoms with E-state index in [0.29, 0.717) is 17.9 Å². The van der Waals surface area contributed by atoms with Crippen LogP contribution >= 0.6 is 0 Å². The number of carbonyl (C=O) groups excluding carboxylic acids is 1. The summed E-state index contributed by atoms with van der Waals surface area (Å²) in [6.45, 7) is 1.75. The Morgan fingerprint density at radius 1 is 1.36 bits per heavy atom. The second-order valence-electron chi connectivity index (χ2n) is 7.98. The lowest BCUT2D eigenvalue weighted by atomic mass is 9.80. The van der Waals surface area contributed by atoms with E-state index in [-0.39, 0.29) is 19.4 Å². The summed E-state index contributed by atoms with van der Waals surface area (Å²) < 4.78 is 33.0. The van der Waals surface area contributed by atoms with Gasteiger partial charge in [-0.25, -0.2) is 13.6 Å². The maximum Gasteiger partial charge on any atom is 0.343 e. The van der Waals surface area contributed by atoms with Crippen molar-refractivity contribution >= 4 is 12.3 Å². The molecule has 1 saturated carbocycles. The number of esters is 1. The molecule has 0 radical (unpaired) electrons. The van der Waals surface area contributed by atoms with Gasteiger partial charge in [0.25, 0.3) is 0 Å². The first-order valence-corrected chi connectivity index (χ1v) is 9.93. The van der Waals surface area contributed by atoms with Crippen LogP contribution in [0.4, 0.5) is 8.78 Å². The predicted molar refractivity (Wildman–Crippen MR) is 101 cm³/mol. The third kappa shape index (κ3) is 4.51. The fourth-order valence-electron chi connectivity index (χ4n) is 4.40. The zero-order valence-corrected chi connectivity index (χ0v) is 15.9. The molecule has 28 heavy (non-hydrogen) atoms. The number of ether oxygens (including phenoxy) is 1. The minimum atomic E-state index is -2.87. The maximum atomic E-state index is 13.8. The summed E-state index contributed by atoms with van der Waals surface area (Å²) in [6.07, 6.45) is 3.16. The van der Waals surface area contributed by atoms with E-state index in [2.05, 4.69) is 0 Å². The summed E-state index contributed by atoms with van der Waals surface area (Å²) >= 11 is 0. The maximum absolute atomic E-state index is 13.8. The number of likely N-dealkylation sites (tertiary alicyclic amines) is 1. The van der Waals surface area contributed by atoms with Crippen LogP contribution < -0.4 is 0 Å². The number of hydrogen-bond acceptors (Lipinski definition) is 4. The largest absolute Gasteiger partial charge is 0.463 e. The standard InChI is InChI=1S/C21H28F2N2O3/c22-20(23)10-8-18(13-20)21(27,17-6-2-1-3-7-17)19(26)28-12-9-16-5-4-11-25(14-16)15-24/h1-3,6-7,15-16,18,24,27H,4-5,8-14H2/t16-,18-,21+/m1/s1. The van der Waals surface area contributed by atoms with E-state index in [1.165, 1.54) is 6.34 Å². The van der Waals surface area contributed by atoms with Crippen molar-refractivity contribution in [2.75, 3.05) is 19.7 Å². The summed E-state index contributed by atoms with van der Waals surface area (Å²) in [5, 5.41) is 18.6. The van der Waals surface area contributed by atoms with Gasteiger partial charge < -0.3 is 14.7 Å². The number of piperidine rings is 1. The fraction of sp³-hybridized carbons (Fsp3) is 0.619. The van der Waals surface area contributed by atoms with E-state index < -0.39 is 29.8 Å². The van der Waals surface area contributed by atoms with E-state index in [0.717, 1.165) is 25.9 Å².